The van der Waals surface area contributed by atoms with Gasteiger partial charge in [0, 0.05) is 6.54 Å². The molecule has 0 saturated carbocycles. The highest BCUT2D eigenvalue weighted by molar-refractivity contribution is 5.92. The van der Waals surface area contributed by atoms with Crippen molar-refractivity contribution in [2.45, 2.75) is 31.1 Å². The van der Waals surface area contributed by atoms with Crippen molar-refractivity contribution in [3.63, 3.8) is 0 Å². The molecule has 0 aromatic heterocycles. The Morgan fingerprint density at radius 2 is 1.80 bits per heavy atom. The summed E-state index contributed by atoms with van der Waals surface area (Å²) in [5.74, 6) is -0.337. The third-order valence-corrected chi connectivity index (χ3v) is 4.96. The molecule has 2 aromatic rings. The molecule has 2 aliphatic heterocycles. The molecule has 25 heavy (non-hydrogen) atoms. The Balaban J connectivity index is 1.53. The average Bonchev–Trinajstić information content (AvgIpc) is 3.14. The summed E-state index contributed by atoms with van der Waals surface area (Å²) in [6.45, 7) is 0.698. The molecule has 1 amide bonds. The zero-order valence-electron chi connectivity index (χ0n) is 13.8. The van der Waals surface area contributed by atoms with Gasteiger partial charge in [0.25, 0.3) is 0 Å². The van der Waals surface area contributed by atoms with Crippen molar-refractivity contribution < 1.29 is 19.1 Å². The predicted octanol–water partition coefficient (Wildman–Crippen LogP) is 3.46. The van der Waals surface area contributed by atoms with E-state index in [1.165, 1.54) is 0 Å². The lowest BCUT2D eigenvalue weighted by Crippen LogP contribution is -2.65. The Hall–Kier alpha value is -2.82. The number of carbonyl (C=O) groups excluding carboxylic acids is 2. The van der Waals surface area contributed by atoms with Crippen LogP contribution < -0.4 is 0 Å². The van der Waals surface area contributed by atoms with Crippen LogP contribution in [0.3, 0.4) is 0 Å². The van der Waals surface area contributed by atoms with Gasteiger partial charge in [-0.1, -0.05) is 60.7 Å². The topological polar surface area (TPSA) is 55.8 Å². The van der Waals surface area contributed by atoms with Crippen LogP contribution in [0.5, 0.6) is 0 Å². The van der Waals surface area contributed by atoms with Crippen LogP contribution >= 0.6 is 0 Å². The third kappa shape index (κ3) is 2.56. The monoisotopic (exact) mass is 337 g/mol. The van der Waals surface area contributed by atoms with Gasteiger partial charge in [-0.2, -0.15) is 0 Å². The molecule has 2 heterocycles. The fraction of sp³-hybridized carbons (Fsp3) is 0.300. The molecule has 1 spiro atoms. The van der Waals surface area contributed by atoms with Crippen molar-refractivity contribution in [1.29, 1.82) is 0 Å². The van der Waals surface area contributed by atoms with Gasteiger partial charge in [0.2, 0.25) is 0 Å². The highest BCUT2D eigenvalue weighted by atomic mass is 16.6. The zero-order chi connectivity index (χ0) is 17.3. The van der Waals surface area contributed by atoms with E-state index in [4.69, 9.17) is 9.47 Å². The number of ether oxygens (including phenoxy) is 2. The second-order valence-electron chi connectivity index (χ2n) is 6.42. The van der Waals surface area contributed by atoms with Crippen LogP contribution in [-0.4, -0.2) is 29.0 Å². The van der Waals surface area contributed by atoms with Crippen LogP contribution in [0.15, 0.2) is 60.7 Å². The van der Waals surface area contributed by atoms with Gasteiger partial charge < -0.3 is 9.47 Å². The number of cyclic esters (lactones) is 1. The van der Waals surface area contributed by atoms with E-state index in [-0.39, 0.29) is 12.6 Å². The summed E-state index contributed by atoms with van der Waals surface area (Å²) < 4.78 is 10.9. The minimum Gasteiger partial charge on any atom is -0.452 e. The molecule has 128 valence electrons. The average molecular weight is 337 g/mol. The summed E-state index contributed by atoms with van der Waals surface area (Å²) in [6, 6.07) is 19.1. The first-order valence-corrected chi connectivity index (χ1v) is 8.46. The van der Waals surface area contributed by atoms with E-state index >= 15 is 0 Å². The third-order valence-electron chi connectivity index (χ3n) is 4.96. The Labute approximate surface area is 146 Å². The Bertz CT molecular complexity index is 777. The molecule has 2 atom stereocenters. The quantitative estimate of drug-likeness (QED) is 0.805. The van der Waals surface area contributed by atoms with E-state index in [9.17, 15) is 9.59 Å². The van der Waals surface area contributed by atoms with Gasteiger partial charge in [-0.05, 0) is 24.0 Å². The normalized spacial score (nSPS) is 24.7. The van der Waals surface area contributed by atoms with Crippen LogP contribution in [0.25, 0.3) is 0 Å². The number of hydrogen-bond acceptors (Lipinski definition) is 4. The molecular formula is C20H19NO4. The summed E-state index contributed by atoms with van der Waals surface area (Å²) in [5.41, 5.74) is 0.902. The van der Waals surface area contributed by atoms with Gasteiger partial charge in [-0.25, -0.2) is 9.59 Å². The maximum Gasteiger partial charge on any atom is 0.411 e. The number of nitrogens with zero attached hydrogens (tertiary/aromatic N) is 1. The number of hydrogen-bond donors (Lipinski definition) is 0. The summed E-state index contributed by atoms with van der Waals surface area (Å²) in [7, 11) is 0. The SMILES string of the molecule is O=C(OCc1ccccc1)N1CCCC12C(=O)OC2c1ccccc1. The molecule has 4 rings (SSSR count). The Kier molecular flexibility index (Phi) is 3.92. The molecule has 0 aliphatic carbocycles. The van der Waals surface area contributed by atoms with Crippen molar-refractivity contribution in [1.82, 2.24) is 4.90 Å². The van der Waals surface area contributed by atoms with Crippen LogP contribution in [0.2, 0.25) is 0 Å². The van der Waals surface area contributed by atoms with Crippen molar-refractivity contribution in [3.05, 3.63) is 71.8 Å². The maximum absolute atomic E-state index is 12.6. The smallest absolute Gasteiger partial charge is 0.411 e. The lowest BCUT2D eigenvalue weighted by molar-refractivity contribution is -0.206. The molecule has 2 aromatic carbocycles. The van der Waals surface area contributed by atoms with Crippen LogP contribution in [0, 0.1) is 0 Å². The van der Waals surface area contributed by atoms with Crippen molar-refractivity contribution in [3.8, 4) is 0 Å². The molecule has 0 radical (unpaired) electrons. The van der Waals surface area contributed by atoms with Crippen molar-refractivity contribution in [2.24, 2.45) is 0 Å². The standard InChI is InChI=1S/C20H19NO4/c22-18-20(17(25-18)16-10-5-2-6-11-16)12-7-13-21(20)19(23)24-14-15-8-3-1-4-9-15/h1-6,8-11,17H,7,12-14H2. The predicted molar refractivity (Wildman–Crippen MR) is 90.6 cm³/mol. The van der Waals surface area contributed by atoms with E-state index in [1.807, 2.05) is 60.7 Å². The Morgan fingerprint density at radius 3 is 2.48 bits per heavy atom. The van der Waals surface area contributed by atoms with Gasteiger partial charge >= 0.3 is 12.1 Å². The van der Waals surface area contributed by atoms with Crippen LogP contribution in [0.4, 0.5) is 4.79 Å². The molecule has 5 nitrogen and oxygen atoms in total. The van der Waals surface area contributed by atoms with Crippen molar-refractivity contribution in [2.75, 3.05) is 6.54 Å². The first kappa shape index (κ1) is 15.7. The molecule has 0 bridgehead atoms. The van der Waals surface area contributed by atoms with Gasteiger partial charge in [-0.3, -0.25) is 4.90 Å². The van der Waals surface area contributed by atoms with Crippen LogP contribution in [-0.2, 0) is 20.9 Å². The molecular weight excluding hydrogens is 318 g/mol. The first-order chi connectivity index (χ1) is 12.2. The molecule has 2 fully saturated rings. The number of esters is 1. The number of amides is 1. The van der Waals surface area contributed by atoms with E-state index in [0.29, 0.717) is 13.0 Å². The highest BCUT2D eigenvalue weighted by Crippen LogP contribution is 2.50. The largest absolute Gasteiger partial charge is 0.452 e. The molecule has 2 saturated heterocycles. The van der Waals surface area contributed by atoms with Crippen molar-refractivity contribution >= 4 is 12.1 Å². The lowest BCUT2D eigenvalue weighted by Gasteiger charge is -2.48. The lowest BCUT2D eigenvalue weighted by atomic mass is 9.80. The zero-order valence-corrected chi connectivity index (χ0v) is 13.8. The summed E-state index contributed by atoms with van der Waals surface area (Å²) >= 11 is 0. The number of rotatable bonds is 3. The first-order valence-electron chi connectivity index (χ1n) is 8.46. The fourth-order valence-corrected chi connectivity index (χ4v) is 3.70. The second-order valence-corrected chi connectivity index (χ2v) is 6.42. The number of carbonyl (C=O) groups is 2. The molecule has 2 unspecified atom stereocenters. The van der Waals surface area contributed by atoms with E-state index in [2.05, 4.69) is 0 Å². The maximum atomic E-state index is 12.6. The minimum absolute atomic E-state index is 0.192. The fourth-order valence-electron chi connectivity index (χ4n) is 3.70. The molecule has 5 heteroatoms. The van der Waals surface area contributed by atoms with E-state index in [0.717, 1.165) is 17.5 Å². The van der Waals surface area contributed by atoms with E-state index in [1.54, 1.807) is 4.90 Å². The van der Waals surface area contributed by atoms with Gasteiger partial charge in [-0.15, -0.1) is 0 Å². The van der Waals surface area contributed by atoms with Gasteiger partial charge in [0.05, 0.1) is 0 Å². The van der Waals surface area contributed by atoms with Crippen LogP contribution in [0.1, 0.15) is 30.1 Å². The highest BCUT2D eigenvalue weighted by Gasteiger charge is 2.66. The second kappa shape index (κ2) is 6.24. The summed E-state index contributed by atoms with van der Waals surface area (Å²) in [4.78, 5) is 26.6. The number of benzene rings is 2. The van der Waals surface area contributed by atoms with Gasteiger partial charge in [0.15, 0.2) is 11.6 Å². The van der Waals surface area contributed by atoms with Gasteiger partial charge in [0.1, 0.15) is 6.61 Å². The van der Waals surface area contributed by atoms with E-state index < -0.39 is 17.7 Å². The summed E-state index contributed by atoms with van der Waals surface area (Å²) in [5, 5.41) is 0. The number of likely N-dealkylation sites (tertiary alicyclic amines) is 1. The minimum atomic E-state index is -0.922. The molecule has 0 N–H and O–H groups in total. The Morgan fingerprint density at radius 1 is 1.12 bits per heavy atom. The summed E-state index contributed by atoms with van der Waals surface area (Å²) in [6.07, 6.45) is 0.483. The molecule has 2 aliphatic rings.